The van der Waals surface area contributed by atoms with Crippen LogP contribution in [0.15, 0.2) is 0 Å². The molecular weight excluding hydrogens is 236 g/mol. The molecule has 0 radical (unpaired) electrons. The summed E-state index contributed by atoms with van der Waals surface area (Å²) >= 11 is 0. The molecule has 1 N–H and O–H groups in total. The third kappa shape index (κ3) is 1.98. The first-order valence-corrected chi connectivity index (χ1v) is 8.34. The molecule has 5 rings (SSSR count). The van der Waals surface area contributed by atoms with Crippen molar-refractivity contribution in [3.8, 4) is 0 Å². The molecule has 4 aliphatic carbocycles. The summed E-state index contributed by atoms with van der Waals surface area (Å²) in [7, 11) is 0. The number of rotatable bonds is 2. The van der Waals surface area contributed by atoms with Crippen LogP contribution in [0.2, 0.25) is 0 Å². The predicted octanol–water partition coefficient (Wildman–Crippen LogP) is 3.38. The number of ether oxygens (including phenoxy) is 1. The Morgan fingerprint density at radius 3 is 2.47 bits per heavy atom. The third-order valence-corrected chi connectivity index (χ3v) is 6.67. The molecule has 0 aromatic rings. The summed E-state index contributed by atoms with van der Waals surface area (Å²) in [5.74, 6) is 2.23. The van der Waals surface area contributed by atoms with Gasteiger partial charge >= 0.3 is 0 Å². The molecule has 19 heavy (non-hydrogen) atoms. The van der Waals surface area contributed by atoms with E-state index in [1.807, 2.05) is 0 Å². The second kappa shape index (κ2) is 4.21. The molecular formula is C17H28O2. The first-order chi connectivity index (χ1) is 9.09. The minimum absolute atomic E-state index is 0.0991. The Kier molecular flexibility index (Phi) is 2.80. The normalized spacial score (nSPS) is 54.3. The molecule has 5 aliphatic rings. The van der Waals surface area contributed by atoms with E-state index >= 15 is 0 Å². The van der Waals surface area contributed by atoms with Crippen molar-refractivity contribution < 1.29 is 9.84 Å². The average Bonchev–Trinajstić information content (AvgIpc) is 2.36. The van der Waals surface area contributed by atoms with Gasteiger partial charge < -0.3 is 9.84 Å². The van der Waals surface area contributed by atoms with E-state index in [0.29, 0.717) is 11.3 Å². The average molecular weight is 264 g/mol. The van der Waals surface area contributed by atoms with Crippen molar-refractivity contribution in [1.82, 2.24) is 0 Å². The molecule has 0 aromatic carbocycles. The van der Waals surface area contributed by atoms with E-state index in [1.165, 1.54) is 44.9 Å². The molecule has 5 fully saturated rings. The van der Waals surface area contributed by atoms with Crippen molar-refractivity contribution >= 4 is 0 Å². The Morgan fingerprint density at radius 1 is 1.16 bits per heavy atom. The molecule has 4 unspecified atom stereocenters. The Morgan fingerprint density at radius 2 is 1.89 bits per heavy atom. The summed E-state index contributed by atoms with van der Waals surface area (Å²) in [6.45, 7) is 4.19. The van der Waals surface area contributed by atoms with Crippen molar-refractivity contribution in [3.05, 3.63) is 0 Å². The van der Waals surface area contributed by atoms with Gasteiger partial charge in [0.25, 0.3) is 0 Å². The van der Waals surface area contributed by atoms with E-state index in [9.17, 15) is 5.11 Å². The molecule has 0 aromatic heterocycles. The van der Waals surface area contributed by atoms with E-state index in [0.717, 1.165) is 31.5 Å². The summed E-state index contributed by atoms with van der Waals surface area (Å²) in [5.41, 5.74) is 0.796. The smallest absolute Gasteiger partial charge is 0.0646 e. The molecule has 0 spiro atoms. The fraction of sp³-hybridized carbons (Fsp3) is 1.00. The lowest BCUT2D eigenvalue weighted by Gasteiger charge is -2.63. The molecule has 4 bridgehead atoms. The lowest BCUT2D eigenvalue weighted by Crippen LogP contribution is -2.57. The van der Waals surface area contributed by atoms with E-state index in [2.05, 4.69) is 6.92 Å². The van der Waals surface area contributed by atoms with Gasteiger partial charge in [0, 0.05) is 12.5 Å². The highest BCUT2D eigenvalue weighted by Gasteiger charge is 2.59. The maximum absolute atomic E-state index is 11.1. The first kappa shape index (κ1) is 12.6. The van der Waals surface area contributed by atoms with Crippen LogP contribution in [0.25, 0.3) is 0 Å². The largest absolute Gasteiger partial charge is 0.392 e. The zero-order chi connectivity index (χ0) is 13.1. The number of hydrogen-bond acceptors (Lipinski definition) is 2. The third-order valence-electron chi connectivity index (χ3n) is 6.67. The van der Waals surface area contributed by atoms with E-state index < -0.39 is 0 Å². The van der Waals surface area contributed by atoms with Gasteiger partial charge in [-0.3, -0.25) is 0 Å². The fourth-order valence-corrected chi connectivity index (χ4v) is 6.66. The van der Waals surface area contributed by atoms with Crippen LogP contribution in [0.5, 0.6) is 0 Å². The zero-order valence-corrected chi connectivity index (χ0v) is 12.2. The standard InChI is InChI=1S/C17H28O2/c1-16-6-12-5-13(7-16)9-17(8-12,11-16)15(18)14-3-2-4-19-10-14/h12-15,18H,2-11H2,1H3. The van der Waals surface area contributed by atoms with Crippen LogP contribution < -0.4 is 0 Å². The van der Waals surface area contributed by atoms with Gasteiger partial charge in [-0.15, -0.1) is 0 Å². The van der Waals surface area contributed by atoms with Crippen molar-refractivity contribution in [2.45, 2.75) is 64.4 Å². The van der Waals surface area contributed by atoms with Crippen LogP contribution in [-0.2, 0) is 4.74 Å². The van der Waals surface area contributed by atoms with Gasteiger partial charge in [-0.1, -0.05) is 6.92 Å². The van der Waals surface area contributed by atoms with E-state index in [1.54, 1.807) is 0 Å². The van der Waals surface area contributed by atoms with Gasteiger partial charge in [-0.05, 0) is 74.0 Å². The van der Waals surface area contributed by atoms with Crippen LogP contribution in [0.3, 0.4) is 0 Å². The van der Waals surface area contributed by atoms with Crippen LogP contribution in [0.1, 0.15) is 58.3 Å². The monoisotopic (exact) mass is 264 g/mol. The van der Waals surface area contributed by atoms with Gasteiger partial charge in [0.15, 0.2) is 0 Å². The number of aliphatic hydroxyl groups is 1. The second-order valence-corrected chi connectivity index (χ2v) is 8.56. The molecule has 0 amide bonds. The van der Waals surface area contributed by atoms with Crippen LogP contribution in [-0.4, -0.2) is 24.4 Å². The molecule has 4 atom stereocenters. The molecule has 1 heterocycles. The van der Waals surface area contributed by atoms with Gasteiger partial charge in [-0.25, -0.2) is 0 Å². The lowest BCUT2D eigenvalue weighted by atomic mass is 9.43. The summed E-state index contributed by atoms with van der Waals surface area (Å²) in [6, 6.07) is 0. The fourth-order valence-electron chi connectivity index (χ4n) is 6.66. The van der Waals surface area contributed by atoms with E-state index in [4.69, 9.17) is 4.74 Å². The highest BCUT2D eigenvalue weighted by molar-refractivity contribution is 5.09. The highest BCUT2D eigenvalue weighted by Crippen LogP contribution is 2.66. The molecule has 1 aliphatic heterocycles. The summed E-state index contributed by atoms with van der Waals surface area (Å²) in [4.78, 5) is 0. The summed E-state index contributed by atoms with van der Waals surface area (Å²) in [5, 5.41) is 11.1. The second-order valence-electron chi connectivity index (χ2n) is 8.56. The minimum Gasteiger partial charge on any atom is -0.392 e. The summed E-state index contributed by atoms with van der Waals surface area (Å²) < 4.78 is 5.63. The maximum atomic E-state index is 11.1. The van der Waals surface area contributed by atoms with Crippen molar-refractivity contribution in [2.24, 2.45) is 28.6 Å². The van der Waals surface area contributed by atoms with Crippen molar-refractivity contribution in [1.29, 1.82) is 0 Å². The van der Waals surface area contributed by atoms with Crippen molar-refractivity contribution in [2.75, 3.05) is 13.2 Å². The Labute approximate surface area is 116 Å². The highest BCUT2D eigenvalue weighted by atomic mass is 16.5. The number of aliphatic hydroxyl groups excluding tert-OH is 1. The molecule has 2 nitrogen and oxygen atoms in total. The Balaban J connectivity index is 1.59. The number of hydrogen-bond donors (Lipinski definition) is 1. The van der Waals surface area contributed by atoms with Crippen LogP contribution >= 0.6 is 0 Å². The zero-order valence-electron chi connectivity index (χ0n) is 12.2. The van der Waals surface area contributed by atoms with Gasteiger partial charge in [0.2, 0.25) is 0 Å². The molecule has 1 saturated heterocycles. The summed E-state index contributed by atoms with van der Waals surface area (Å²) in [6.07, 6.45) is 10.4. The Bertz CT molecular complexity index is 344. The quantitative estimate of drug-likeness (QED) is 0.828. The van der Waals surface area contributed by atoms with Gasteiger partial charge in [0.1, 0.15) is 0 Å². The topological polar surface area (TPSA) is 29.5 Å². The predicted molar refractivity (Wildman–Crippen MR) is 74.8 cm³/mol. The molecule has 108 valence electrons. The van der Waals surface area contributed by atoms with E-state index in [-0.39, 0.29) is 11.5 Å². The molecule has 2 heteroatoms. The Hall–Kier alpha value is -0.0800. The van der Waals surface area contributed by atoms with Crippen LogP contribution in [0, 0.1) is 28.6 Å². The SMILES string of the molecule is CC12CC3CC(C1)CC(C(O)C1CCCOC1)(C3)C2. The lowest BCUT2D eigenvalue weighted by molar-refractivity contribution is -0.177. The molecule has 4 saturated carbocycles. The van der Waals surface area contributed by atoms with Gasteiger partial charge in [-0.2, -0.15) is 0 Å². The first-order valence-electron chi connectivity index (χ1n) is 8.34. The maximum Gasteiger partial charge on any atom is 0.0646 e. The minimum atomic E-state index is -0.0991. The van der Waals surface area contributed by atoms with Crippen molar-refractivity contribution in [3.63, 3.8) is 0 Å². The van der Waals surface area contributed by atoms with Gasteiger partial charge in [0.05, 0.1) is 12.7 Å². The van der Waals surface area contributed by atoms with Crippen LogP contribution in [0.4, 0.5) is 0 Å².